The minimum absolute atomic E-state index is 0.128. The molecule has 0 amide bonds. The van der Waals surface area contributed by atoms with E-state index in [2.05, 4.69) is 25.7 Å². The van der Waals surface area contributed by atoms with Crippen LogP contribution in [0.4, 0.5) is 5.13 Å². The molecule has 0 aliphatic carbocycles. The lowest BCUT2D eigenvalue weighted by Crippen LogP contribution is -2.24. The second-order valence-corrected chi connectivity index (χ2v) is 7.03. The van der Waals surface area contributed by atoms with Crippen molar-refractivity contribution in [3.63, 3.8) is 0 Å². The van der Waals surface area contributed by atoms with Gasteiger partial charge in [0.05, 0.1) is 17.2 Å². The Labute approximate surface area is 127 Å². The first-order valence-electron chi connectivity index (χ1n) is 8.04. The summed E-state index contributed by atoms with van der Waals surface area (Å²) in [7, 11) is 0. The molecule has 1 aromatic rings. The van der Waals surface area contributed by atoms with Crippen molar-refractivity contribution < 1.29 is 5.11 Å². The van der Waals surface area contributed by atoms with Crippen LogP contribution in [0.25, 0.3) is 0 Å². The predicted molar refractivity (Wildman–Crippen MR) is 86.6 cm³/mol. The predicted octanol–water partition coefficient (Wildman–Crippen LogP) is 4.17. The molecule has 2 unspecified atom stereocenters. The van der Waals surface area contributed by atoms with Gasteiger partial charge in [-0.25, -0.2) is 4.98 Å². The highest BCUT2D eigenvalue weighted by Gasteiger charge is 2.21. The lowest BCUT2D eigenvalue weighted by molar-refractivity contribution is 0.283. The van der Waals surface area contributed by atoms with Gasteiger partial charge in [-0.05, 0) is 37.5 Å². The van der Waals surface area contributed by atoms with Gasteiger partial charge in [0.1, 0.15) is 0 Å². The normalized spacial score (nSPS) is 21.8. The molecule has 2 atom stereocenters. The van der Waals surface area contributed by atoms with Crippen LogP contribution in [-0.2, 0) is 6.61 Å². The summed E-state index contributed by atoms with van der Waals surface area (Å²) in [6, 6.07) is 0. The smallest absolute Gasteiger partial charge is 0.185 e. The Balaban J connectivity index is 2.14. The zero-order valence-electron chi connectivity index (χ0n) is 13.1. The molecule has 0 aromatic carbocycles. The number of hydrogen-bond donors (Lipinski definition) is 1. The van der Waals surface area contributed by atoms with Crippen LogP contribution >= 0.6 is 11.3 Å². The first-order chi connectivity index (χ1) is 9.69. The fraction of sp³-hybridized carbons (Fsp3) is 0.812. The first kappa shape index (κ1) is 15.8. The summed E-state index contributed by atoms with van der Waals surface area (Å²) >= 11 is 1.69. The van der Waals surface area contributed by atoms with Gasteiger partial charge in [-0.15, -0.1) is 0 Å². The second-order valence-electron chi connectivity index (χ2n) is 5.96. The van der Waals surface area contributed by atoms with E-state index in [4.69, 9.17) is 4.98 Å². The molecular weight excluding hydrogens is 268 g/mol. The van der Waals surface area contributed by atoms with Gasteiger partial charge < -0.3 is 10.0 Å². The average molecular weight is 296 g/mol. The summed E-state index contributed by atoms with van der Waals surface area (Å²) in [6.45, 7) is 9.05. The van der Waals surface area contributed by atoms with Crippen molar-refractivity contribution in [3.8, 4) is 0 Å². The van der Waals surface area contributed by atoms with E-state index in [9.17, 15) is 5.11 Å². The van der Waals surface area contributed by atoms with Crippen molar-refractivity contribution in [1.82, 2.24) is 4.98 Å². The summed E-state index contributed by atoms with van der Waals surface area (Å²) in [4.78, 5) is 8.35. The number of rotatable bonds is 5. The Morgan fingerprint density at radius 2 is 2.15 bits per heavy atom. The van der Waals surface area contributed by atoms with E-state index in [0.29, 0.717) is 5.92 Å². The van der Waals surface area contributed by atoms with E-state index in [1.807, 2.05) is 0 Å². The highest BCUT2D eigenvalue weighted by Crippen LogP contribution is 2.33. The SMILES string of the molecule is CCC1CCCN(c2nc(C(C)CC)c(CO)s2)CC1. The maximum absolute atomic E-state index is 9.56. The number of aromatic nitrogens is 1. The lowest BCUT2D eigenvalue weighted by Gasteiger charge is -2.19. The van der Waals surface area contributed by atoms with Crippen molar-refractivity contribution in [2.45, 2.75) is 65.4 Å². The van der Waals surface area contributed by atoms with Gasteiger partial charge >= 0.3 is 0 Å². The summed E-state index contributed by atoms with van der Waals surface area (Å²) in [5.74, 6) is 1.32. The monoisotopic (exact) mass is 296 g/mol. The Kier molecular flexibility index (Phi) is 5.85. The Morgan fingerprint density at radius 1 is 1.35 bits per heavy atom. The van der Waals surface area contributed by atoms with Crippen LogP contribution in [0.1, 0.15) is 69.4 Å². The molecule has 1 N–H and O–H groups in total. The van der Waals surface area contributed by atoms with E-state index in [-0.39, 0.29) is 6.61 Å². The van der Waals surface area contributed by atoms with E-state index >= 15 is 0 Å². The van der Waals surface area contributed by atoms with Crippen LogP contribution in [0.15, 0.2) is 0 Å². The van der Waals surface area contributed by atoms with E-state index < -0.39 is 0 Å². The second kappa shape index (κ2) is 7.41. The van der Waals surface area contributed by atoms with Crippen LogP contribution in [-0.4, -0.2) is 23.2 Å². The van der Waals surface area contributed by atoms with E-state index in [1.165, 1.54) is 25.7 Å². The number of anilines is 1. The van der Waals surface area contributed by atoms with Gasteiger partial charge in [0.15, 0.2) is 5.13 Å². The third-order valence-electron chi connectivity index (χ3n) is 4.63. The van der Waals surface area contributed by atoms with Crippen molar-refractivity contribution in [2.75, 3.05) is 18.0 Å². The van der Waals surface area contributed by atoms with E-state index in [1.54, 1.807) is 11.3 Å². The zero-order chi connectivity index (χ0) is 14.5. The van der Waals surface area contributed by atoms with Gasteiger partial charge in [0.2, 0.25) is 0 Å². The van der Waals surface area contributed by atoms with Crippen LogP contribution in [0.3, 0.4) is 0 Å². The summed E-state index contributed by atoms with van der Waals surface area (Å²) < 4.78 is 0. The van der Waals surface area contributed by atoms with Crippen molar-refractivity contribution >= 4 is 16.5 Å². The Morgan fingerprint density at radius 3 is 2.80 bits per heavy atom. The highest BCUT2D eigenvalue weighted by molar-refractivity contribution is 7.15. The molecule has 1 aliphatic rings. The van der Waals surface area contributed by atoms with Gasteiger partial charge in [0, 0.05) is 13.1 Å². The molecule has 0 spiro atoms. The van der Waals surface area contributed by atoms with Gasteiger partial charge in [0.25, 0.3) is 0 Å². The lowest BCUT2D eigenvalue weighted by atomic mass is 9.98. The number of thiazole rings is 1. The molecular formula is C16H28N2OS. The molecule has 1 saturated heterocycles. The molecule has 0 bridgehead atoms. The molecule has 20 heavy (non-hydrogen) atoms. The fourth-order valence-electron chi connectivity index (χ4n) is 2.94. The minimum atomic E-state index is 0.128. The number of nitrogens with zero attached hydrogens (tertiary/aromatic N) is 2. The van der Waals surface area contributed by atoms with Crippen molar-refractivity contribution in [1.29, 1.82) is 0 Å². The number of aliphatic hydroxyl groups excluding tert-OH is 1. The maximum Gasteiger partial charge on any atom is 0.185 e. The summed E-state index contributed by atoms with van der Waals surface area (Å²) in [5.41, 5.74) is 1.12. The third-order valence-corrected chi connectivity index (χ3v) is 5.75. The molecule has 0 saturated carbocycles. The van der Waals surface area contributed by atoms with Gasteiger partial charge in [-0.3, -0.25) is 0 Å². The molecule has 114 valence electrons. The molecule has 1 aromatic heterocycles. The van der Waals surface area contributed by atoms with Crippen LogP contribution in [0.5, 0.6) is 0 Å². The Bertz CT molecular complexity index is 419. The van der Waals surface area contributed by atoms with Crippen molar-refractivity contribution in [3.05, 3.63) is 10.6 Å². The highest BCUT2D eigenvalue weighted by atomic mass is 32.1. The topological polar surface area (TPSA) is 36.4 Å². The first-order valence-corrected chi connectivity index (χ1v) is 8.86. The quantitative estimate of drug-likeness (QED) is 0.886. The van der Waals surface area contributed by atoms with Gasteiger partial charge in [-0.1, -0.05) is 38.5 Å². The third kappa shape index (κ3) is 3.53. The summed E-state index contributed by atoms with van der Waals surface area (Å²) in [6.07, 6.45) is 6.28. The van der Waals surface area contributed by atoms with Gasteiger partial charge in [-0.2, -0.15) is 0 Å². The van der Waals surface area contributed by atoms with Crippen molar-refractivity contribution in [2.24, 2.45) is 5.92 Å². The molecule has 1 fully saturated rings. The summed E-state index contributed by atoms with van der Waals surface area (Å²) in [5, 5.41) is 10.7. The van der Waals surface area contributed by atoms with Crippen LogP contribution < -0.4 is 4.90 Å². The number of hydrogen-bond acceptors (Lipinski definition) is 4. The van der Waals surface area contributed by atoms with Crippen LogP contribution in [0.2, 0.25) is 0 Å². The standard InChI is InChI=1S/C16H28N2OS/c1-4-12(3)15-14(11-19)20-16(17-15)18-9-6-7-13(5-2)8-10-18/h12-13,19H,4-11H2,1-3H3. The Hall–Kier alpha value is -0.610. The van der Waals surface area contributed by atoms with Crippen LogP contribution in [0, 0.1) is 5.92 Å². The fourth-order valence-corrected chi connectivity index (χ4v) is 4.03. The maximum atomic E-state index is 9.56. The molecule has 1 aliphatic heterocycles. The zero-order valence-corrected chi connectivity index (χ0v) is 13.9. The number of aliphatic hydroxyl groups is 1. The van der Waals surface area contributed by atoms with E-state index in [0.717, 1.165) is 41.1 Å². The minimum Gasteiger partial charge on any atom is -0.391 e. The molecule has 3 nitrogen and oxygen atoms in total. The largest absolute Gasteiger partial charge is 0.391 e. The molecule has 2 rings (SSSR count). The molecule has 0 radical (unpaired) electrons. The molecule has 2 heterocycles. The average Bonchev–Trinajstić information content (AvgIpc) is 2.77. The molecule has 4 heteroatoms.